The van der Waals surface area contributed by atoms with Crippen LogP contribution >= 0.6 is 15.9 Å². The van der Waals surface area contributed by atoms with E-state index >= 15 is 0 Å². The molecule has 2 aliphatic rings. The van der Waals surface area contributed by atoms with E-state index in [9.17, 15) is 0 Å². The van der Waals surface area contributed by atoms with Crippen LogP contribution in [0.4, 0.5) is 0 Å². The summed E-state index contributed by atoms with van der Waals surface area (Å²) in [5.74, 6) is 0.290. The van der Waals surface area contributed by atoms with Gasteiger partial charge in [-0.3, -0.25) is 0 Å². The lowest BCUT2D eigenvalue weighted by molar-refractivity contribution is 1.05. The van der Waals surface area contributed by atoms with Gasteiger partial charge in [0.15, 0.2) is 0 Å². The summed E-state index contributed by atoms with van der Waals surface area (Å²) in [6.45, 7) is 0. The zero-order valence-electron chi connectivity index (χ0n) is 15.9. The average Bonchev–Trinajstić information content (AvgIpc) is 3.35. The first-order valence-electron chi connectivity index (χ1n) is 10.1. The normalized spacial score (nSPS) is 15.8. The highest BCUT2D eigenvalue weighted by molar-refractivity contribution is 9.10. The van der Waals surface area contributed by atoms with Gasteiger partial charge < -0.3 is 0 Å². The largest absolute Gasteiger partial charge is 0.0720 e. The van der Waals surface area contributed by atoms with Gasteiger partial charge in [-0.15, -0.1) is 0 Å². The Labute approximate surface area is 179 Å². The first kappa shape index (κ1) is 17.0. The molecule has 0 amide bonds. The first-order valence-corrected chi connectivity index (χ1v) is 10.9. The van der Waals surface area contributed by atoms with Crippen LogP contribution in [-0.2, 0) is 6.42 Å². The molecule has 6 rings (SSSR count). The van der Waals surface area contributed by atoms with Crippen LogP contribution in [0.5, 0.6) is 0 Å². The quantitative estimate of drug-likeness (QED) is 0.265. The van der Waals surface area contributed by atoms with Gasteiger partial charge in [-0.1, -0.05) is 107 Å². The van der Waals surface area contributed by atoms with E-state index in [1.165, 1.54) is 50.1 Å². The number of benzene rings is 4. The summed E-state index contributed by atoms with van der Waals surface area (Å²) in [5.41, 5.74) is 12.4. The van der Waals surface area contributed by atoms with Gasteiger partial charge in [0.05, 0.1) is 0 Å². The van der Waals surface area contributed by atoms with Gasteiger partial charge in [-0.25, -0.2) is 0 Å². The molecular weight excluding hydrogens is 416 g/mol. The maximum atomic E-state index is 3.89. The molecule has 0 saturated carbocycles. The lowest BCUT2D eigenvalue weighted by atomic mass is 9.85. The van der Waals surface area contributed by atoms with Gasteiger partial charge in [0.25, 0.3) is 0 Å². The second kappa shape index (κ2) is 6.57. The molecule has 0 nitrogen and oxygen atoms in total. The number of halogens is 1. The van der Waals surface area contributed by atoms with Crippen LogP contribution < -0.4 is 0 Å². The minimum absolute atomic E-state index is 0.290. The van der Waals surface area contributed by atoms with E-state index in [2.05, 4.69) is 113 Å². The number of hydrogen-bond acceptors (Lipinski definition) is 0. The minimum Gasteiger partial charge on any atom is -0.0720 e. The topological polar surface area (TPSA) is 0 Å². The third-order valence-corrected chi connectivity index (χ3v) is 6.96. The molecule has 0 aliphatic heterocycles. The molecule has 0 saturated heterocycles. The van der Waals surface area contributed by atoms with E-state index in [1.807, 2.05) is 0 Å². The zero-order valence-corrected chi connectivity index (χ0v) is 17.5. The Balaban J connectivity index is 1.57. The molecule has 4 aromatic carbocycles. The smallest absolute Gasteiger partial charge is 0.0285 e. The molecule has 2 aliphatic carbocycles. The highest BCUT2D eigenvalue weighted by atomic mass is 79.9. The molecule has 0 heterocycles. The zero-order chi connectivity index (χ0) is 19.4. The van der Waals surface area contributed by atoms with Gasteiger partial charge in [0.2, 0.25) is 0 Å². The lowest BCUT2D eigenvalue weighted by Gasteiger charge is -2.20. The van der Waals surface area contributed by atoms with E-state index < -0.39 is 0 Å². The summed E-state index contributed by atoms with van der Waals surface area (Å²) in [6, 6.07) is 30.9. The molecule has 0 aromatic heterocycles. The fourth-order valence-electron chi connectivity index (χ4n) is 5.00. The van der Waals surface area contributed by atoms with Crippen molar-refractivity contribution in [3.63, 3.8) is 0 Å². The van der Waals surface area contributed by atoms with Crippen LogP contribution in [0.1, 0.15) is 33.7 Å². The number of hydrogen-bond donors (Lipinski definition) is 0. The average molecular weight is 435 g/mol. The van der Waals surface area contributed by atoms with E-state index in [0.717, 1.165) is 10.9 Å². The van der Waals surface area contributed by atoms with E-state index in [0.29, 0.717) is 5.92 Å². The monoisotopic (exact) mass is 434 g/mol. The molecule has 1 unspecified atom stereocenters. The molecule has 0 N–H and O–H groups in total. The fraction of sp³-hybridized carbons (Fsp3) is 0.0714. The van der Waals surface area contributed by atoms with Crippen molar-refractivity contribution in [1.82, 2.24) is 0 Å². The molecule has 0 radical (unpaired) electrons. The Morgan fingerprint density at radius 1 is 0.655 bits per heavy atom. The molecule has 138 valence electrons. The Bertz CT molecular complexity index is 1300. The predicted octanol–water partition coefficient (Wildman–Crippen LogP) is 7.85. The first-order chi connectivity index (χ1) is 14.3. The standard InChI is InChI=1S/C28H19Br/c29-27-14-6-13-24(23-16-15-18-7-1-3-9-20(18)23)28(27)25-12-5-11-22-21-10-4-2-8-19(21)17-26(22)25/h1-16,23H,17H2. The molecule has 1 heteroatoms. The molecule has 29 heavy (non-hydrogen) atoms. The SMILES string of the molecule is Brc1cccc(C2C=Cc3ccccc32)c1-c1cccc2c1Cc1ccccc1-2. The summed E-state index contributed by atoms with van der Waals surface area (Å²) in [4.78, 5) is 0. The summed E-state index contributed by atoms with van der Waals surface area (Å²) in [7, 11) is 0. The Morgan fingerprint density at radius 3 is 2.34 bits per heavy atom. The predicted molar refractivity (Wildman–Crippen MR) is 125 cm³/mol. The van der Waals surface area contributed by atoms with Crippen molar-refractivity contribution in [2.75, 3.05) is 0 Å². The third kappa shape index (κ3) is 2.58. The van der Waals surface area contributed by atoms with Crippen LogP contribution in [0.15, 0.2) is 95.5 Å². The second-order valence-corrected chi connectivity index (χ2v) is 8.69. The highest BCUT2D eigenvalue weighted by Gasteiger charge is 2.26. The fourth-order valence-corrected chi connectivity index (χ4v) is 5.59. The summed E-state index contributed by atoms with van der Waals surface area (Å²) < 4.78 is 1.16. The van der Waals surface area contributed by atoms with Gasteiger partial charge in [-0.2, -0.15) is 0 Å². The second-order valence-electron chi connectivity index (χ2n) is 7.84. The van der Waals surface area contributed by atoms with Crippen molar-refractivity contribution >= 4 is 22.0 Å². The van der Waals surface area contributed by atoms with Crippen molar-refractivity contribution in [3.8, 4) is 22.3 Å². The number of fused-ring (bicyclic) bond motifs is 4. The maximum Gasteiger partial charge on any atom is 0.0285 e. The lowest BCUT2D eigenvalue weighted by Crippen LogP contribution is -2.01. The Kier molecular flexibility index (Phi) is 3.85. The summed E-state index contributed by atoms with van der Waals surface area (Å²) in [5, 5.41) is 0. The third-order valence-electron chi connectivity index (χ3n) is 6.30. The number of allylic oxidation sites excluding steroid dienone is 1. The van der Waals surface area contributed by atoms with Crippen molar-refractivity contribution in [3.05, 3.63) is 123 Å². The molecule has 0 bridgehead atoms. The Hall–Kier alpha value is -2.90. The molecule has 4 aromatic rings. The van der Waals surface area contributed by atoms with Crippen molar-refractivity contribution in [2.45, 2.75) is 12.3 Å². The van der Waals surface area contributed by atoms with E-state index in [-0.39, 0.29) is 0 Å². The van der Waals surface area contributed by atoms with Crippen molar-refractivity contribution in [1.29, 1.82) is 0 Å². The van der Waals surface area contributed by atoms with Crippen LogP contribution in [-0.4, -0.2) is 0 Å². The minimum atomic E-state index is 0.290. The van der Waals surface area contributed by atoms with Gasteiger partial charge in [0, 0.05) is 16.0 Å². The summed E-state index contributed by atoms with van der Waals surface area (Å²) >= 11 is 3.89. The van der Waals surface area contributed by atoms with E-state index in [1.54, 1.807) is 0 Å². The van der Waals surface area contributed by atoms with Crippen LogP contribution in [0.2, 0.25) is 0 Å². The Morgan fingerprint density at radius 2 is 1.38 bits per heavy atom. The maximum absolute atomic E-state index is 3.89. The molecule has 0 fully saturated rings. The highest BCUT2D eigenvalue weighted by Crippen LogP contribution is 2.47. The molecule has 1 atom stereocenters. The summed E-state index contributed by atoms with van der Waals surface area (Å²) in [6.07, 6.45) is 5.60. The van der Waals surface area contributed by atoms with Crippen molar-refractivity contribution in [2.24, 2.45) is 0 Å². The van der Waals surface area contributed by atoms with Crippen LogP contribution in [0, 0.1) is 0 Å². The van der Waals surface area contributed by atoms with Gasteiger partial charge >= 0.3 is 0 Å². The van der Waals surface area contributed by atoms with Crippen molar-refractivity contribution < 1.29 is 0 Å². The molecule has 0 spiro atoms. The van der Waals surface area contributed by atoms with Gasteiger partial charge in [0.1, 0.15) is 0 Å². The van der Waals surface area contributed by atoms with Crippen LogP contribution in [0.25, 0.3) is 28.3 Å². The van der Waals surface area contributed by atoms with Gasteiger partial charge in [-0.05, 0) is 57.0 Å². The molecular formula is C28H19Br. The van der Waals surface area contributed by atoms with E-state index in [4.69, 9.17) is 0 Å². The van der Waals surface area contributed by atoms with Crippen LogP contribution in [0.3, 0.4) is 0 Å². The number of rotatable bonds is 2.